The fraction of sp³-hybridized carbons (Fsp3) is 0.111. The van der Waals surface area contributed by atoms with Gasteiger partial charge in [-0.05, 0) is 48.0 Å². The van der Waals surface area contributed by atoms with Crippen molar-refractivity contribution in [1.82, 2.24) is 5.32 Å². The van der Waals surface area contributed by atoms with Crippen molar-refractivity contribution in [3.8, 4) is 5.75 Å². The second-order valence-electron chi connectivity index (χ2n) is 4.97. The minimum absolute atomic E-state index is 0.141. The van der Waals surface area contributed by atoms with Gasteiger partial charge < -0.3 is 15.4 Å². The van der Waals surface area contributed by atoms with Crippen LogP contribution < -0.4 is 15.4 Å². The maximum absolute atomic E-state index is 12.4. The molecule has 124 valence electrons. The largest absolute Gasteiger partial charge is 0.497 e. The predicted molar refractivity (Wildman–Crippen MR) is 94.9 cm³/mol. The molecule has 0 heterocycles. The zero-order valence-corrected chi connectivity index (χ0v) is 14.1. The SMILES string of the molecule is COc1ccc(/C=C(\NC(C)=O)C(=O)Nc2ccc(Cl)cc2)cc1. The van der Waals surface area contributed by atoms with Crippen LogP contribution in [0.4, 0.5) is 5.69 Å². The molecular weight excluding hydrogens is 328 g/mol. The fourth-order valence-corrected chi connectivity index (χ4v) is 2.07. The van der Waals surface area contributed by atoms with Crippen molar-refractivity contribution in [2.75, 3.05) is 12.4 Å². The topological polar surface area (TPSA) is 67.4 Å². The van der Waals surface area contributed by atoms with Gasteiger partial charge in [-0.15, -0.1) is 0 Å². The highest BCUT2D eigenvalue weighted by atomic mass is 35.5. The molecule has 0 aliphatic heterocycles. The van der Waals surface area contributed by atoms with Crippen LogP contribution in [-0.4, -0.2) is 18.9 Å². The molecule has 24 heavy (non-hydrogen) atoms. The third kappa shape index (κ3) is 5.14. The highest BCUT2D eigenvalue weighted by Gasteiger charge is 2.11. The lowest BCUT2D eigenvalue weighted by Gasteiger charge is -2.10. The molecule has 0 saturated carbocycles. The number of halogens is 1. The van der Waals surface area contributed by atoms with Crippen molar-refractivity contribution < 1.29 is 14.3 Å². The minimum Gasteiger partial charge on any atom is -0.497 e. The first-order chi connectivity index (χ1) is 11.5. The number of ether oxygens (including phenoxy) is 1. The number of hydrogen-bond acceptors (Lipinski definition) is 3. The Hall–Kier alpha value is -2.79. The smallest absolute Gasteiger partial charge is 0.272 e. The normalized spacial score (nSPS) is 10.9. The average Bonchev–Trinajstić information content (AvgIpc) is 2.56. The Morgan fingerprint density at radius 1 is 1.04 bits per heavy atom. The summed E-state index contributed by atoms with van der Waals surface area (Å²) in [6, 6.07) is 13.8. The van der Waals surface area contributed by atoms with E-state index in [1.165, 1.54) is 6.92 Å². The number of hydrogen-bond donors (Lipinski definition) is 2. The van der Waals surface area contributed by atoms with Crippen molar-refractivity contribution in [2.45, 2.75) is 6.92 Å². The summed E-state index contributed by atoms with van der Waals surface area (Å²) in [6.45, 7) is 1.34. The summed E-state index contributed by atoms with van der Waals surface area (Å²) >= 11 is 5.82. The molecule has 0 aromatic heterocycles. The third-order valence-electron chi connectivity index (χ3n) is 3.08. The van der Waals surface area contributed by atoms with Gasteiger partial charge in [0.2, 0.25) is 5.91 Å². The summed E-state index contributed by atoms with van der Waals surface area (Å²) in [4.78, 5) is 23.8. The van der Waals surface area contributed by atoms with Crippen molar-refractivity contribution >= 4 is 35.2 Å². The molecule has 0 spiro atoms. The molecular formula is C18H17ClN2O3. The van der Waals surface area contributed by atoms with Gasteiger partial charge in [-0.25, -0.2) is 0 Å². The lowest BCUT2D eigenvalue weighted by molar-refractivity contribution is -0.120. The van der Waals surface area contributed by atoms with Crippen molar-refractivity contribution in [3.63, 3.8) is 0 Å². The average molecular weight is 345 g/mol. The van der Waals surface area contributed by atoms with Crippen LogP contribution in [0.2, 0.25) is 5.02 Å². The van der Waals surface area contributed by atoms with Crippen LogP contribution in [0.1, 0.15) is 12.5 Å². The third-order valence-corrected chi connectivity index (χ3v) is 3.34. The molecule has 6 heteroatoms. The molecule has 0 aliphatic rings. The number of anilines is 1. The molecule has 2 aromatic rings. The zero-order valence-electron chi connectivity index (χ0n) is 13.3. The van der Waals surface area contributed by atoms with Gasteiger partial charge in [-0.1, -0.05) is 23.7 Å². The van der Waals surface area contributed by atoms with E-state index in [4.69, 9.17) is 16.3 Å². The number of amides is 2. The van der Waals surface area contributed by atoms with E-state index in [9.17, 15) is 9.59 Å². The van der Waals surface area contributed by atoms with E-state index in [0.29, 0.717) is 16.5 Å². The van der Waals surface area contributed by atoms with Gasteiger partial charge in [0.15, 0.2) is 0 Å². The summed E-state index contributed by atoms with van der Waals surface area (Å²) in [6.07, 6.45) is 1.59. The Morgan fingerprint density at radius 3 is 2.21 bits per heavy atom. The molecule has 2 rings (SSSR count). The summed E-state index contributed by atoms with van der Waals surface area (Å²) in [5.74, 6) is -0.0526. The molecule has 5 nitrogen and oxygen atoms in total. The number of nitrogens with one attached hydrogen (secondary N) is 2. The molecule has 0 bridgehead atoms. The van der Waals surface area contributed by atoms with Gasteiger partial charge in [0.25, 0.3) is 5.91 Å². The number of carbonyl (C=O) groups excluding carboxylic acids is 2. The van der Waals surface area contributed by atoms with Crippen LogP contribution in [0.25, 0.3) is 6.08 Å². The highest BCUT2D eigenvalue weighted by Crippen LogP contribution is 2.16. The van der Waals surface area contributed by atoms with Crippen LogP contribution in [-0.2, 0) is 9.59 Å². The Bertz CT molecular complexity index is 753. The van der Waals surface area contributed by atoms with Gasteiger partial charge in [0.1, 0.15) is 11.4 Å². The summed E-state index contributed by atoms with van der Waals surface area (Å²) in [5, 5.41) is 5.83. The first-order valence-corrected chi connectivity index (χ1v) is 7.56. The second-order valence-corrected chi connectivity index (χ2v) is 5.41. The summed E-state index contributed by atoms with van der Waals surface area (Å²) < 4.78 is 5.09. The molecule has 0 fully saturated rings. The van der Waals surface area contributed by atoms with Gasteiger partial charge >= 0.3 is 0 Å². The summed E-state index contributed by atoms with van der Waals surface area (Å²) in [7, 11) is 1.58. The predicted octanol–water partition coefficient (Wildman–Crippen LogP) is 3.46. The quantitative estimate of drug-likeness (QED) is 0.816. The van der Waals surface area contributed by atoms with E-state index >= 15 is 0 Å². The first-order valence-electron chi connectivity index (χ1n) is 7.18. The first kappa shape index (κ1) is 17.6. The van der Waals surface area contributed by atoms with Gasteiger partial charge in [0, 0.05) is 17.6 Å². The Morgan fingerprint density at radius 2 is 1.67 bits per heavy atom. The lowest BCUT2D eigenvalue weighted by atomic mass is 10.1. The molecule has 2 aromatic carbocycles. The van der Waals surface area contributed by atoms with Crippen LogP contribution in [0.15, 0.2) is 54.2 Å². The Kier molecular flexibility index (Phi) is 5.98. The van der Waals surface area contributed by atoms with Crippen molar-refractivity contribution in [3.05, 3.63) is 64.8 Å². The Balaban J connectivity index is 2.22. The second kappa shape index (κ2) is 8.17. The molecule has 2 N–H and O–H groups in total. The summed E-state index contributed by atoms with van der Waals surface area (Å²) in [5.41, 5.74) is 1.48. The number of rotatable bonds is 5. The highest BCUT2D eigenvalue weighted by molar-refractivity contribution is 6.30. The zero-order chi connectivity index (χ0) is 17.5. The number of benzene rings is 2. The van der Waals surface area contributed by atoms with Crippen LogP contribution in [0, 0.1) is 0 Å². The lowest BCUT2D eigenvalue weighted by Crippen LogP contribution is -2.28. The number of carbonyl (C=O) groups is 2. The molecule has 0 unspecified atom stereocenters. The fourth-order valence-electron chi connectivity index (χ4n) is 1.95. The van der Waals surface area contributed by atoms with Crippen LogP contribution in [0.5, 0.6) is 5.75 Å². The van der Waals surface area contributed by atoms with E-state index in [0.717, 1.165) is 5.56 Å². The van der Waals surface area contributed by atoms with Gasteiger partial charge in [0.05, 0.1) is 7.11 Å². The molecule has 0 atom stereocenters. The molecule has 0 saturated heterocycles. The van der Waals surface area contributed by atoms with Crippen molar-refractivity contribution in [1.29, 1.82) is 0 Å². The van der Waals surface area contributed by atoms with E-state index in [-0.39, 0.29) is 11.6 Å². The van der Waals surface area contributed by atoms with Crippen molar-refractivity contribution in [2.24, 2.45) is 0 Å². The monoisotopic (exact) mass is 344 g/mol. The number of methoxy groups -OCH3 is 1. The van der Waals surface area contributed by atoms with Gasteiger partial charge in [-0.2, -0.15) is 0 Å². The molecule has 2 amide bonds. The maximum atomic E-state index is 12.4. The minimum atomic E-state index is -0.427. The van der Waals surface area contributed by atoms with E-state index in [2.05, 4.69) is 10.6 Å². The van der Waals surface area contributed by atoms with E-state index in [1.807, 2.05) is 0 Å². The van der Waals surface area contributed by atoms with Crippen LogP contribution in [0.3, 0.4) is 0 Å². The molecule has 0 radical (unpaired) electrons. The molecule has 0 aliphatic carbocycles. The standard InChI is InChI=1S/C18H17ClN2O3/c1-12(22)20-17(11-13-3-9-16(24-2)10-4-13)18(23)21-15-7-5-14(19)6-8-15/h3-11H,1-2H3,(H,20,22)(H,21,23)/b17-11-. The van der Waals surface area contributed by atoms with Crippen LogP contribution >= 0.6 is 11.6 Å². The maximum Gasteiger partial charge on any atom is 0.272 e. The van der Waals surface area contributed by atoms with E-state index in [1.54, 1.807) is 61.7 Å². The Labute approximate surface area is 145 Å². The van der Waals surface area contributed by atoms with E-state index < -0.39 is 5.91 Å². The van der Waals surface area contributed by atoms with Gasteiger partial charge in [-0.3, -0.25) is 9.59 Å².